The Balaban J connectivity index is 1.50. The van der Waals surface area contributed by atoms with Gasteiger partial charge in [-0.05, 0) is 30.3 Å². The predicted molar refractivity (Wildman–Crippen MR) is 96.9 cm³/mol. The molecule has 2 aromatic rings. The molecule has 3 rings (SSSR count). The van der Waals surface area contributed by atoms with E-state index in [0.29, 0.717) is 31.9 Å². The minimum atomic E-state index is -0.754. The zero-order valence-electron chi connectivity index (χ0n) is 14.3. The highest BCUT2D eigenvalue weighted by Crippen LogP contribution is 2.20. The molecule has 1 aliphatic rings. The molecule has 0 aliphatic carbocycles. The standard InChI is InChI=1S/C19H17ClF2N2O3/c20-14-11-13(5-6-15(14)21)19(26)27-12-18(25)24-9-7-23(8-10-24)17-4-2-1-3-16(17)22/h1-6,11H,7-10,12H2. The average Bonchev–Trinajstić information content (AvgIpc) is 2.68. The van der Waals surface area contributed by atoms with Crippen LogP contribution in [-0.2, 0) is 9.53 Å². The lowest BCUT2D eigenvalue weighted by Gasteiger charge is -2.36. The number of hydrogen-bond acceptors (Lipinski definition) is 4. The topological polar surface area (TPSA) is 49.9 Å². The number of para-hydroxylation sites is 1. The number of hydrogen-bond donors (Lipinski definition) is 0. The fourth-order valence-corrected chi connectivity index (χ4v) is 3.01. The molecule has 1 aliphatic heterocycles. The molecule has 0 atom stereocenters. The van der Waals surface area contributed by atoms with Crippen molar-refractivity contribution < 1.29 is 23.1 Å². The first-order valence-electron chi connectivity index (χ1n) is 8.35. The van der Waals surface area contributed by atoms with Gasteiger partial charge in [0.05, 0.1) is 16.3 Å². The van der Waals surface area contributed by atoms with Crippen LogP contribution in [0.1, 0.15) is 10.4 Å². The zero-order valence-corrected chi connectivity index (χ0v) is 15.1. The van der Waals surface area contributed by atoms with Crippen LogP contribution in [0.15, 0.2) is 42.5 Å². The lowest BCUT2D eigenvalue weighted by atomic mass is 10.2. The Kier molecular flexibility index (Phi) is 5.91. The first-order valence-corrected chi connectivity index (χ1v) is 8.73. The molecule has 0 aromatic heterocycles. The fraction of sp³-hybridized carbons (Fsp3) is 0.263. The van der Waals surface area contributed by atoms with Gasteiger partial charge < -0.3 is 14.5 Å². The van der Waals surface area contributed by atoms with E-state index < -0.39 is 18.4 Å². The summed E-state index contributed by atoms with van der Waals surface area (Å²) in [6.45, 7) is 1.33. The third-order valence-corrected chi connectivity index (χ3v) is 4.60. The number of esters is 1. The van der Waals surface area contributed by atoms with Crippen LogP contribution in [0.2, 0.25) is 5.02 Å². The Morgan fingerprint density at radius 2 is 1.70 bits per heavy atom. The summed E-state index contributed by atoms with van der Waals surface area (Å²) in [5.74, 6) is -2.04. The third-order valence-electron chi connectivity index (χ3n) is 4.31. The van der Waals surface area contributed by atoms with Gasteiger partial charge >= 0.3 is 5.97 Å². The summed E-state index contributed by atoms with van der Waals surface area (Å²) in [5, 5.41) is -0.194. The first kappa shape index (κ1) is 19.1. The van der Waals surface area contributed by atoms with Crippen molar-refractivity contribution in [3.8, 4) is 0 Å². The molecule has 1 amide bonds. The van der Waals surface area contributed by atoms with Crippen LogP contribution in [0, 0.1) is 11.6 Å². The molecule has 8 heteroatoms. The Morgan fingerprint density at radius 3 is 2.37 bits per heavy atom. The highest BCUT2D eigenvalue weighted by Gasteiger charge is 2.23. The van der Waals surface area contributed by atoms with Crippen LogP contribution >= 0.6 is 11.6 Å². The molecule has 0 unspecified atom stereocenters. The highest BCUT2D eigenvalue weighted by molar-refractivity contribution is 6.31. The molecule has 0 bridgehead atoms. The van der Waals surface area contributed by atoms with Crippen LogP contribution < -0.4 is 4.90 Å². The molecule has 142 valence electrons. The molecular weight excluding hydrogens is 378 g/mol. The first-order chi connectivity index (χ1) is 13.0. The summed E-state index contributed by atoms with van der Waals surface area (Å²) in [7, 11) is 0. The third kappa shape index (κ3) is 4.54. The Hall–Kier alpha value is -2.67. The summed E-state index contributed by atoms with van der Waals surface area (Å²) in [6, 6.07) is 9.93. The van der Waals surface area contributed by atoms with Gasteiger partial charge in [-0.1, -0.05) is 23.7 Å². The largest absolute Gasteiger partial charge is 0.452 e. The molecule has 2 aromatic carbocycles. The smallest absolute Gasteiger partial charge is 0.338 e. The van der Waals surface area contributed by atoms with Crippen LogP contribution in [0.25, 0.3) is 0 Å². The van der Waals surface area contributed by atoms with E-state index in [1.807, 2.05) is 4.90 Å². The number of benzene rings is 2. The number of amides is 1. The lowest BCUT2D eigenvalue weighted by Crippen LogP contribution is -2.50. The minimum absolute atomic E-state index is 0.0681. The van der Waals surface area contributed by atoms with E-state index >= 15 is 0 Å². The summed E-state index contributed by atoms with van der Waals surface area (Å²) >= 11 is 5.63. The van der Waals surface area contributed by atoms with Gasteiger partial charge in [-0.15, -0.1) is 0 Å². The average molecular weight is 395 g/mol. The van der Waals surface area contributed by atoms with Crippen molar-refractivity contribution in [3.63, 3.8) is 0 Å². The van der Waals surface area contributed by atoms with E-state index in [1.54, 1.807) is 23.1 Å². The van der Waals surface area contributed by atoms with Gasteiger partial charge in [0.1, 0.15) is 11.6 Å². The second kappa shape index (κ2) is 8.35. The van der Waals surface area contributed by atoms with Gasteiger partial charge in [0.15, 0.2) is 6.61 Å². The number of nitrogens with zero attached hydrogens (tertiary/aromatic N) is 2. The van der Waals surface area contributed by atoms with Gasteiger partial charge in [-0.25, -0.2) is 13.6 Å². The SMILES string of the molecule is O=C(OCC(=O)N1CCN(c2ccccc2F)CC1)c1ccc(F)c(Cl)c1. The summed E-state index contributed by atoms with van der Waals surface area (Å²) in [6.07, 6.45) is 0. The molecule has 0 radical (unpaired) electrons. The van der Waals surface area contributed by atoms with Crippen molar-refractivity contribution in [2.75, 3.05) is 37.7 Å². The summed E-state index contributed by atoms with van der Waals surface area (Å²) < 4.78 is 32.0. The van der Waals surface area contributed by atoms with E-state index in [4.69, 9.17) is 16.3 Å². The summed E-state index contributed by atoms with van der Waals surface area (Å²) in [5.41, 5.74) is 0.572. The van der Waals surface area contributed by atoms with E-state index in [2.05, 4.69) is 0 Å². The molecule has 1 saturated heterocycles. The van der Waals surface area contributed by atoms with Crippen molar-refractivity contribution in [2.24, 2.45) is 0 Å². The molecule has 27 heavy (non-hydrogen) atoms. The Bertz CT molecular complexity index is 855. The van der Waals surface area contributed by atoms with Crippen molar-refractivity contribution in [2.45, 2.75) is 0 Å². The minimum Gasteiger partial charge on any atom is -0.452 e. The number of ether oxygens (including phenoxy) is 1. The second-order valence-electron chi connectivity index (χ2n) is 6.02. The van der Waals surface area contributed by atoms with Crippen molar-refractivity contribution >= 4 is 29.2 Å². The number of halogens is 3. The van der Waals surface area contributed by atoms with E-state index in [-0.39, 0.29) is 22.3 Å². The molecule has 0 spiro atoms. The lowest BCUT2D eigenvalue weighted by molar-refractivity contribution is -0.134. The quantitative estimate of drug-likeness (QED) is 0.748. The molecule has 1 fully saturated rings. The van der Waals surface area contributed by atoms with Crippen molar-refractivity contribution in [1.82, 2.24) is 4.90 Å². The van der Waals surface area contributed by atoms with Gasteiger partial charge in [-0.3, -0.25) is 4.79 Å². The zero-order chi connectivity index (χ0) is 19.4. The van der Waals surface area contributed by atoms with Crippen LogP contribution in [0.3, 0.4) is 0 Å². The maximum Gasteiger partial charge on any atom is 0.338 e. The molecular formula is C19H17ClF2N2O3. The second-order valence-corrected chi connectivity index (χ2v) is 6.43. The number of piperazine rings is 1. The number of rotatable bonds is 4. The van der Waals surface area contributed by atoms with E-state index in [9.17, 15) is 18.4 Å². The van der Waals surface area contributed by atoms with Crippen LogP contribution in [0.4, 0.5) is 14.5 Å². The Labute approximate surface area is 160 Å². The fourth-order valence-electron chi connectivity index (χ4n) is 2.83. The number of carbonyl (C=O) groups excluding carboxylic acids is 2. The van der Waals surface area contributed by atoms with E-state index in [1.165, 1.54) is 12.1 Å². The monoisotopic (exact) mass is 394 g/mol. The maximum atomic E-state index is 13.8. The molecule has 5 nitrogen and oxygen atoms in total. The van der Waals surface area contributed by atoms with Gasteiger partial charge in [-0.2, -0.15) is 0 Å². The number of anilines is 1. The van der Waals surface area contributed by atoms with Crippen molar-refractivity contribution in [3.05, 3.63) is 64.7 Å². The summed E-state index contributed by atoms with van der Waals surface area (Å²) in [4.78, 5) is 27.6. The molecule has 0 saturated carbocycles. The molecule has 0 N–H and O–H groups in total. The van der Waals surface area contributed by atoms with Gasteiger partial charge in [0.25, 0.3) is 5.91 Å². The molecule has 1 heterocycles. The normalized spacial score (nSPS) is 14.2. The maximum absolute atomic E-state index is 13.8. The van der Waals surface area contributed by atoms with Gasteiger partial charge in [0, 0.05) is 26.2 Å². The van der Waals surface area contributed by atoms with Crippen LogP contribution in [0.5, 0.6) is 0 Å². The number of carbonyl (C=O) groups is 2. The highest BCUT2D eigenvalue weighted by atomic mass is 35.5. The van der Waals surface area contributed by atoms with Crippen LogP contribution in [-0.4, -0.2) is 49.6 Å². The van der Waals surface area contributed by atoms with Gasteiger partial charge in [0.2, 0.25) is 0 Å². The van der Waals surface area contributed by atoms with Crippen molar-refractivity contribution in [1.29, 1.82) is 0 Å². The van der Waals surface area contributed by atoms with E-state index in [0.717, 1.165) is 12.1 Å². The Morgan fingerprint density at radius 1 is 1.00 bits per heavy atom. The predicted octanol–water partition coefficient (Wildman–Crippen LogP) is 3.12.